The van der Waals surface area contributed by atoms with Crippen LogP contribution in [0.2, 0.25) is 0 Å². The van der Waals surface area contributed by atoms with Gasteiger partial charge in [-0.1, -0.05) is 60.3 Å². The van der Waals surface area contributed by atoms with Gasteiger partial charge in [0.05, 0.1) is 30.7 Å². The number of anilines is 3. The highest BCUT2D eigenvalue weighted by molar-refractivity contribution is 7.15. The van der Waals surface area contributed by atoms with Crippen LogP contribution in [0.3, 0.4) is 0 Å². The highest BCUT2D eigenvalue weighted by Gasteiger charge is 2.28. The summed E-state index contributed by atoms with van der Waals surface area (Å²) in [5, 5.41) is 25.8. The molecule has 3 aromatic rings. The van der Waals surface area contributed by atoms with Crippen molar-refractivity contribution in [2.24, 2.45) is 0 Å². The monoisotopic (exact) mass is 705 g/mol. The summed E-state index contributed by atoms with van der Waals surface area (Å²) in [7, 11) is 3.46. The van der Waals surface area contributed by atoms with E-state index in [9.17, 15) is 9.59 Å². The minimum atomic E-state index is -0.182. The number of methoxy groups -OCH3 is 2. The minimum absolute atomic E-state index is 0.110. The number of aryl methyl sites for hydroxylation is 1. The van der Waals surface area contributed by atoms with E-state index in [1.807, 2.05) is 30.4 Å². The second-order valence-corrected chi connectivity index (χ2v) is 14.5. The fourth-order valence-corrected chi connectivity index (χ4v) is 7.63. The third-order valence-corrected chi connectivity index (χ3v) is 10.8. The fourth-order valence-electron chi connectivity index (χ4n) is 5.93. The number of hydrogen-bond donors (Lipinski definition) is 2. The zero-order chi connectivity index (χ0) is 34.2. The number of pyridine rings is 1. The van der Waals surface area contributed by atoms with Gasteiger partial charge < -0.3 is 29.9 Å². The number of hydrogen-bond acceptors (Lipinski definition) is 13. The van der Waals surface area contributed by atoms with Gasteiger partial charge >= 0.3 is 0 Å². The molecule has 1 atom stereocenters. The number of carbonyl (C=O) groups is 2. The molecular weight excluding hydrogens is 663 g/mol. The number of rotatable bonds is 16. The van der Waals surface area contributed by atoms with Crippen molar-refractivity contribution in [2.75, 3.05) is 55.9 Å². The molecule has 13 nitrogen and oxygen atoms in total. The Hall–Kier alpha value is -4.05. The molecule has 49 heavy (non-hydrogen) atoms. The number of allylic oxidation sites excluding steroid dienone is 4. The Bertz CT molecular complexity index is 1690. The number of aromatic nitrogens is 5. The molecule has 0 aromatic carbocycles. The SMILES string of the molecule is CCC[C@@H](CCc1nnc(NC(=O)Cc2cccc(N3CC(OC)C3)n2)s1)c1nnc(NC(=O)CC2=CCC(N3CC(OC)C3)=CC=C2)s1. The average Bonchev–Trinajstić information content (AvgIpc) is 3.63. The predicted molar refractivity (Wildman–Crippen MR) is 191 cm³/mol. The van der Waals surface area contributed by atoms with Crippen molar-refractivity contribution < 1.29 is 19.1 Å². The molecule has 0 spiro atoms. The molecule has 0 radical (unpaired) electrons. The van der Waals surface area contributed by atoms with E-state index in [1.54, 1.807) is 14.2 Å². The smallest absolute Gasteiger partial charge is 0.232 e. The van der Waals surface area contributed by atoms with Crippen molar-refractivity contribution in [1.29, 1.82) is 0 Å². The Balaban J connectivity index is 0.952. The summed E-state index contributed by atoms with van der Waals surface area (Å²) in [6.07, 6.45) is 13.4. The zero-order valence-corrected chi connectivity index (χ0v) is 29.8. The van der Waals surface area contributed by atoms with Gasteiger partial charge in [-0.25, -0.2) is 4.98 Å². The van der Waals surface area contributed by atoms with Crippen molar-refractivity contribution in [3.63, 3.8) is 0 Å². The van der Waals surface area contributed by atoms with Crippen molar-refractivity contribution in [1.82, 2.24) is 30.3 Å². The van der Waals surface area contributed by atoms with Crippen LogP contribution < -0.4 is 15.5 Å². The lowest BCUT2D eigenvalue weighted by atomic mass is 9.99. The summed E-state index contributed by atoms with van der Waals surface area (Å²) in [6.45, 7) is 5.55. The van der Waals surface area contributed by atoms with Crippen molar-refractivity contribution in [2.45, 2.75) is 70.0 Å². The van der Waals surface area contributed by atoms with Gasteiger partial charge in [0.15, 0.2) is 0 Å². The topological polar surface area (TPSA) is 148 Å². The lowest BCUT2D eigenvalue weighted by Crippen LogP contribution is -2.52. The Morgan fingerprint density at radius 1 is 0.918 bits per heavy atom. The van der Waals surface area contributed by atoms with Gasteiger partial charge in [0.1, 0.15) is 15.8 Å². The summed E-state index contributed by atoms with van der Waals surface area (Å²) < 4.78 is 10.7. The van der Waals surface area contributed by atoms with Crippen LogP contribution in [0.15, 0.2) is 53.8 Å². The summed E-state index contributed by atoms with van der Waals surface area (Å²) in [4.78, 5) is 34.7. The van der Waals surface area contributed by atoms with Crippen LogP contribution in [-0.2, 0) is 31.9 Å². The molecule has 2 aliphatic heterocycles. The number of likely N-dealkylation sites (tertiary alicyclic amines) is 1. The third-order valence-electron chi connectivity index (χ3n) is 8.86. The van der Waals surface area contributed by atoms with Crippen LogP contribution in [0.5, 0.6) is 0 Å². The van der Waals surface area contributed by atoms with Gasteiger partial charge in [-0.05, 0) is 36.6 Å². The Morgan fingerprint density at radius 3 is 2.39 bits per heavy atom. The molecule has 0 bridgehead atoms. The molecule has 3 aliphatic rings. The van der Waals surface area contributed by atoms with Gasteiger partial charge in [0, 0.05) is 64.9 Å². The van der Waals surface area contributed by atoms with Gasteiger partial charge in [-0.15, -0.1) is 20.4 Å². The highest BCUT2D eigenvalue weighted by atomic mass is 32.1. The summed E-state index contributed by atoms with van der Waals surface area (Å²) in [5.41, 5.74) is 2.91. The number of nitrogens with one attached hydrogen (secondary N) is 2. The maximum atomic E-state index is 12.9. The molecule has 5 heterocycles. The molecule has 2 fully saturated rings. The van der Waals surface area contributed by atoms with Crippen molar-refractivity contribution in [3.05, 3.63) is 69.5 Å². The van der Waals surface area contributed by atoms with E-state index in [0.717, 1.165) is 73.3 Å². The number of amides is 2. The molecule has 260 valence electrons. The van der Waals surface area contributed by atoms with E-state index < -0.39 is 0 Å². The van der Waals surface area contributed by atoms with Crippen LogP contribution in [0.1, 0.15) is 60.7 Å². The quantitative estimate of drug-likeness (QED) is 0.213. The van der Waals surface area contributed by atoms with Gasteiger partial charge in [-0.3, -0.25) is 9.59 Å². The number of nitrogens with zero attached hydrogens (tertiary/aromatic N) is 7. The molecule has 6 rings (SSSR count). The Morgan fingerprint density at radius 2 is 1.63 bits per heavy atom. The first kappa shape index (κ1) is 34.8. The van der Waals surface area contributed by atoms with Crippen LogP contribution in [0, 0.1) is 0 Å². The van der Waals surface area contributed by atoms with Crippen LogP contribution in [-0.4, -0.2) is 94.7 Å². The minimum Gasteiger partial charge on any atom is -0.378 e. The van der Waals surface area contributed by atoms with Crippen LogP contribution in [0.4, 0.5) is 16.1 Å². The Kier molecular flexibility index (Phi) is 11.8. The normalized spacial score (nSPS) is 17.1. The van der Waals surface area contributed by atoms with E-state index in [0.29, 0.717) is 28.5 Å². The second-order valence-electron chi connectivity index (χ2n) is 12.4. The molecule has 0 unspecified atom stereocenters. The first-order valence-electron chi connectivity index (χ1n) is 16.7. The number of carbonyl (C=O) groups excluding carboxylic acids is 2. The first-order valence-corrected chi connectivity index (χ1v) is 18.4. The Labute approximate surface area is 294 Å². The molecule has 2 saturated heterocycles. The van der Waals surface area contributed by atoms with Crippen LogP contribution in [0.25, 0.3) is 0 Å². The summed E-state index contributed by atoms with van der Waals surface area (Å²) >= 11 is 2.81. The van der Waals surface area contributed by atoms with E-state index in [1.165, 1.54) is 28.4 Å². The van der Waals surface area contributed by atoms with Crippen molar-refractivity contribution >= 4 is 50.6 Å². The zero-order valence-electron chi connectivity index (χ0n) is 28.1. The average molecular weight is 706 g/mol. The summed E-state index contributed by atoms with van der Waals surface area (Å²) in [6, 6.07) is 5.72. The molecule has 2 amide bonds. The van der Waals surface area contributed by atoms with Crippen molar-refractivity contribution in [3.8, 4) is 0 Å². The molecular formula is C34H43N9O4S2. The largest absolute Gasteiger partial charge is 0.378 e. The first-order chi connectivity index (χ1) is 23.9. The molecule has 15 heteroatoms. The van der Waals surface area contributed by atoms with Crippen LogP contribution >= 0.6 is 22.7 Å². The summed E-state index contributed by atoms with van der Waals surface area (Å²) in [5.74, 6) is 0.734. The maximum Gasteiger partial charge on any atom is 0.232 e. The van der Waals surface area contributed by atoms with E-state index >= 15 is 0 Å². The standard InChI is InChI=1S/C34H43N9O4S2/c1-4-7-23(32-39-41-34(49-32)36-29(44)16-22-8-5-10-25(14-12-22)42-18-26(19-42)46-2)13-15-31-38-40-33(48-31)37-30(45)17-24-9-6-11-28(35-24)43-20-27(21-43)47-3/h5-6,8-12,23,26-27H,4,7,13-21H2,1-3H3,(H,36,41,44)(H,37,40,45)/t23-/m0/s1. The lowest BCUT2D eigenvalue weighted by molar-refractivity contribution is -0.116. The number of ether oxygens (including phenoxy) is 2. The van der Waals surface area contributed by atoms with E-state index in [4.69, 9.17) is 9.47 Å². The molecule has 3 aromatic heterocycles. The van der Waals surface area contributed by atoms with Gasteiger partial charge in [0.25, 0.3) is 0 Å². The van der Waals surface area contributed by atoms with E-state index in [2.05, 4.69) is 64.9 Å². The third kappa shape index (κ3) is 9.35. The fraction of sp³-hybridized carbons (Fsp3) is 0.500. The maximum absolute atomic E-state index is 12.9. The predicted octanol–water partition coefficient (Wildman–Crippen LogP) is 4.75. The van der Waals surface area contributed by atoms with Gasteiger partial charge in [0.2, 0.25) is 22.1 Å². The van der Waals surface area contributed by atoms with Gasteiger partial charge in [-0.2, -0.15) is 0 Å². The van der Waals surface area contributed by atoms with E-state index in [-0.39, 0.29) is 36.7 Å². The highest BCUT2D eigenvalue weighted by Crippen LogP contribution is 2.32. The second kappa shape index (κ2) is 16.6. The molecule has 2 N–H and O–H groups in total. The lowest BCUT2D eigenvalue weighted by Gasteiger charge is -2.41. The molecule has 1 aliphatic carbocycles. The molecule has 0 saturated carbocycles.